The molecule has 4 N–H and O–H groups in total. The van der Waals surface area contributed by atoms with Crippen molar-refractivity contribution in [3.63, 3.8) is 0 Å². The van der Waals surface area contributed by atoms with E-state index in [0.29, 0.717) is 13.0 Å². The van der Waals surface area contributed by atoms with Gasteiger partial charge in [0.2, 0.25) is 0 Å². The van der Waals surface area contributed by atoms with E-state index in [-0.39, 0.29) is 25.6 Å². The molecular formula is C55H92O9. The summed E-state index contributed by atoms with van der Waals surface area (Å²) < 4.78 is 22.8. The zero-order valence-corrected chi connectivity index (χ0v) is 40.2. The molecule has 366 valence electrons. The normalized spacial score (nSPS) is 20.4. The molecule has 9 nitrogen and oxygen atoms in total. The summed E-state index contributed by atoms with van der Waals surface area (Å²) in [6.45, 7) is 4.27. The number of carbonyl (C=O) groups is 1. The van der Waals surface area contributed by atoms with Crippen LogP contribution in [0, 0.1) is 0 Å². The second-order valence-electron chi connectivity index (χ2n) is 16.8. The number of ether oxygens (including phenoxy) is 4. The first-order valence-electron chi connectivity index (χ1n) is 25.3. The minimum atomic E-state index is -1.55. The molecule has 1 aliphatic rings. The van der Waals surface area contributed by atoms with Crippen LogP contribution >= 0.6 is 0 Å². The Kier molecular flexibility index (Phi) is 41.8. The van der Waals surface area contributed by atoms with E-state index < -0.39 is 43.4 Å². The molecule has 0 aromatic heterocycles. The molecule has 6 unspecified atom stereocenters. The van der Waals surface area contributed by atoms with Crippen LogP contribution in [0.3, 0.4) is 0 Å². The molecule has 0 spiro atoms. The van der Waals surface area contributed by atoms with E-state index in [1.54, 1.807) is 0 Å². The van der Waals surface area contributed by atoms with Gasteiger partial charge in [0.05, 0.1) is 19.8 Å². The summed E-state index contributed by atoms with van der Waals surface area (Å²) in [7, 11) is 0. The molecule has 0 aromatic rings. The third-order valence-electron chi connectivity index (χ3n) is 11.0. The second-order valence-corrected chi connectivity index (χ2v) is 16.8. The summed E-state index contributed by atoms with van der Waals surface area (Å²) in [6, 6.07) is 0. The summed E-state index contributed by atoms with van der Waals surface area (Å²) in [5.74, 6) is -0.357. The standard InChI is InChI=1S/C55H92O9/c1-3-5-7-9-11-13-15-17-19-20-21-22-23-24-25-26-27-28-29-31-33-35-37-39-41-43-45-61-47-49(48-62-55-54(60)53(59)52(58)50(46-56)64-55)63-51(57)44-42-40-38-36-34-32-30-18-16-14-12-10-8-6-4-2/h5-8,11-14,17-19,21-22,30,34,36,49-50,52-56,58-60H,3-4,9-10,15-16,20,23-29,31-33,35,37-48H2,1-2H3/b7-5-,8-6-,13-11-,14-12-,19-17-,22-21-,30-18-,36-34-. The van der Waals surface area contributed by atoms with Gasteiger partial charge in [-0.3, -0.25) is 4.79 Å². The van der Waals surface area contributed by atoms with Crippen molar-refractivity contribution in [3.8, 4) is 0 Å². The van der Waals surface area contributed by atoms with Crippen molar-refractivity contribution < 1.29 is 44.2 Å². The smallest absolute Gasteiger partial charge is 0.306 e. The highest BCUT2D eigenvalue weighted by Crippen LogP contribution is 2.22. The molecule has 1 heterocycles. The Morgan fingerprint density at radius 1 is 0.500 bits per heavy atom. The average Bonchev–Trinajstić information content (AvgIpc) is 3.30. The largest absolute Gasteiger partial charge is 0.457 e. The summed E-state index contributed by atoms with van der Waals surface area (Å²) in [5, 5.41) is 40.2. The maximum atomic E-state index is 12.8. The fraction of sp³-hybridized carbons (Fsp3) is 0.691. The molecule has 0 aromatic carbocycles. The molecule has 0 radical (unpaired) electrons. The van der Waals surface area contributed by atoms with Crippen LogP contribution < -0.4 is 0 Å². The van der Waals surface area contributed by atoms with Crippen LogP contribution in [0.2, 0.25) is 0 Å². The van der Waals surface area contributed by atoms with E-state index in [0.717, 1.165) is 77.0 Å². The third-order valence-corrected chi connectivity index (χ3v) is 11.0. The van der Waals surface area contributed by atoms with E-state index >= 15 is 0 Å². The van der Waals surface area contributed by atoms with E-state index in [9.17, 15) is 25.2 Å². The number of hydrogen-bond donors (Lipinski definition) is 4. The van der Waals surface area contributed by atoms with Crippen molar-refractivity contribution in [1.82, 2.24) is 0 Å². The van der Waals surface area contributed by atoms with E-state index in [4.69, 9.17) is 18.9 Å². The van der Waals surface area contributed by atoms with Gasteiger partial charge in [0, 0.05) is 13.0 Å². The summed E-state index contributed by atoms with van der Waals surface area (Å²) in [6.07, 6.45) is 55.9. The maximum Gasteiger partial charge on any atom is 0.306 e. The van der Waals surface area contributed by atoms with Crippen LogP contribution in [0.5, 0.6) is 0 Å². The lowest BCUT2D eigenvalue weighted by Crippen LogP contribution is -2.59. The maximum absolute atomic E-state index is 12.8. The molecule has 0 bridgehead atoms. The first-order valence-corrected chi connectivity index (χ1v) is 25.3. The van der Waals surface area contributed by atoms with Crippen molar-refractivity contribution >= 4 is 5.97 Å². The Bertz CT molecular complexity index is 1300. The van der Waals surface area contributed by atoms with Crippen LogP contribution in [-0.2, 0) is 23.7 Å². The fourth-order valence-corrected chi connectivity index (χ4v) is 7.12. The predicted molar refractivity (Wildman–Crippen MR) is 265 cm³/mol. The lowest BCUT2D eigenvalue weighted by atomic mass is 9.99. The van der Waals surface area contributed by atoms with Crippen molar-refractivity contribution in [3.05, 3.63) is 97.2 Å². The van der Waals surface area contributed by atoms with Crippen molar-refractivity contribution in [2.75, 3.05) is 26.4 Å². The lowest BCUT2D eigenvalue weighted by molar-refractivity contribution is -0.305. The molecule has 0 aliphatic carbocycles. The first kappa shape index (κ1) is 59.1. The average molecular weight is 897 g/mol. The number of rotatable bonds is 42. The van der Waals surface area contributed by atoms with Crippen LogP contribution in [0.1, 0.15) is 181 Å². The molecule has 1 aliphatic heterocycles. The first-order chi connectivity index (χ1) is 31.4. The lowest BCUT2D eigenvalue weighted by Gasteiger charge is -2.39. The van der Waals surface area contributed by atoms with Crippen molar-refractivity contribution in [1.29, 1.82) is 0 Å². The fourth-order valence-electron chi connectivity index (χ4n) is 7.12. The third kappa shape index (κ3) is 35.4. The Labute approximate surface area is 390 Å². The van der Waals surface area contributed by atoms with Crippen molar-refractivity contribution in [2.45, 2.75) is 218 Å². The van der Waals surface area contributed by atoms with Gasteiger partial charge < -0.3 is 39.4 Å². The summed E-state index contributed by atoms with van der Waals surface area (Å²) >= 11 is 0. The summed E-state index contributed by atoms with van der Waals surface area (Å²) in [4.78, 5) is 12.8. The quantitative estimate of drug-likeness (QED) is 0.0268. The number of esters is 1. The number of aliphatic hydroxyl groups is 4. The molecule has 0 amide bonds. The van der Waals surface area contributed by atoms with Gasteiger partial charge in [-0.05, 0) is 89.9 Å². The number of hydrogen-bond acceptors (Lipinski definition) is 9. The summed E-state index contributed by atoms with van der Waals surface area (Å²) in [5.41, 5.74) is 0. The highest BCUT2D eigenvalue weighted by molar-refractivity contribution is 5.69. The monoisotopic (exact) mass is 897 g/mol. The predicted octanol–water partition coefficient (Wildman–Crippen LogP) is 12.4. The number of unbranched alkanes of at least 4 members (excludes halogenated alkanes) is 15. The van der Waals surface area contributed by atoms with Gasteiger partial charge in [0.15, 0.2) is 6.29 Å². The Morgan fingerprint density at radius 3 is 1.36 bits per heavy atom. The minimum absolute atomic E-state index is 0.121. The van der Waals surface area contributed by atoms with Crippen LogP contribution in [0.15, 0.2) is 97.2 Å². The van der Waals surface area contributed by atoms with E-state index in [2.05, 4.69) is 111 Å². The highest BCUT2D eigenvalue weighted by atomic mass is 16.7. The molecule has 6 atom stereocenters. The minimum Gasteiger partial charge on any atom is -0.457 e. The topological polar surface area (TPSA) is 135 Å². The Hall–Kier alpha value is -2.89. The van der Waals surface area contributed by atoms with Gasteiger partial charge in [-0.25, -0.2) is 0 Å². The van der Waals surface area contributed by atoms with Gasteiger partial charge >= 0.3 is 5.97 Å². The van der Waals surface area contributed by atoms with Crippen LogP contribution in [0.4, 0.5) is 0 Å². The zero-order chi connectivity index (χ0) is 46.4. The Balaban J connectivity index is 2.20. The van der Waals surface area contributed by atoms with Gasteiger partial charge in [-0.2, -0.15) is 0 Å². The van der Waals surface area contributed by atoms with Gasteiger partial charge in [0.1, 0.15) is 30.5 Å². The van der Waals surface area contributed by atoms with E-state index in [1.165, 1.54) is 77.0 Å². The molecule has 9 heteroatoms. The molecule has 1 saturated heterocycles. The van der Waals surface area contributed by atoms with Crippen LogP contribution in [0.25, 0.3) is 0 Å². The van der Waals surface area contributed by atoms with Gasteiger partial charge in [-0.1, -0.05) is 182 Å². The highest BCUT2D eigenvalue weighted by Gasteiger charge is 2.44. The molecule has 0 saturated carbocycles. The van der Waals surface area contributed by atoms with Gasteiger partial charge in [0.25, 0.3) is 0 Å². The van der Waals surface area contributed by atoms with Gasteiger partial charge in [-0.15, -0.1) is 0 Å². The van der Waals surface area contributed by atoms with Crippen molar-refractivity contribution in [2.24, 2.45) is 0 Å². The van der Waals surface area contributed by atoms with E-state index in [1.807, 2.05) is 0 Å². The molecular weight excluding hydrogens is 805 g/mol. The number of aliphatic hydroxyl groups excluding tert-OH is 4. The SMILES string of the molecule is CC/C=C\C/C=C\C/C=C\C/C=C\CCCCCCCCCCCCCCCOCC(COC1OC(CO)C(O)C(O)C1O)OC(=O)CCCC/C=C\C/C=C\C/C=C\C/C=C\CC. The molecule has 1 fully saturated rings. The molecule has 1 rings (SSSR count). The number of carbonyl (C=O) groups excluding carboxylic acids is 1. The number of allylic oxidation sites excluding steroid dienone is 16. The Morgan fingerprint density at radius 2 is 0.906 bits per heavy atom. The van der Waals surface area contributed by atoms with Crippen LogP contribution in [-0.4, -0.2) is 89.6 Å². The molecule has 64 heavy (non-hydrogen) atoms. The second kappa shape index (κ2) is 45.3. The zero-order valence-electron chi connectivity index (χ0n) is 40.2.